The minimum atomic E-state index is -0.939. The summed E-state index contributed by atoms with van der Waals surface area (Å²) in [5, 5.41) is 41.6. The molecule has 224 valence electrons. The van der Waals surface area contributed by atoms with Crippen molar-refractivity contribution in [3.63, 3.8) is 0 Å². The van der Waals surface area contributed by atoms with Crippen molar-refractivity contribution in [1.82, 2.24) is 4.90 Å². The van der Waals surface area contributed by atoms with Crippen molar-refractivity contribution in [2.75, 3.05) is 25.5 Å². The summed E-state index contributed by atoms with van der Waals surface area (Å²) in [6.45, 7) is 0.774. The fourth-order valence-electron chi connectivity index (χ4n) is 4.97. The Kier molecular flexibility index (Phi) is 11.0. The number of anilines is 1. The molecule has 0 bridgehead atoms. The van der Waals surface area contributed by atoms with E-state index in [1.54, 1.807) is 42.5 Å². The molecule has 0 saturated carbocycles. The number of nitrogens with zero attached hydrogens (tertiary/aromatic N) is 1. The Bertz CT molecular complexity index is 1330. The van der Waals surface area contributed by atoms with E-state index in [4.69, 9.17) is 14.6 Å². The van der Waals surface area contributed by atoms with Gasteiger partial charge in [-0.05, 0) is 54.4 Å². The normalized spacial score (nSPS) is 19.4. The third kappa shape index (κ3) is 9.10. The SMILES string of the molecule is CN(C[C@@H]1C[C@H](c2ccc(CO)cc2)O[C@H](c2cccc(NC(=O)CCCC(=O)O)c2)O1)C[C@@H](O)c1cccc(O)c1. The summed E-state index contributed by atoms with van der Waals surface area (Å²) in [5.41, 5.74) is 3.62. The van der Waals surface area contributed by atoms with Crippen molar-refractivity contribution < 1.29 is 39.5 Å². The first kappa shape index (κ1) is 31.1. The quantitative estimate of drug-likeness (QED) is 0.200. The number of phenols is 1. The van der Waals surface area contributed by atoms with Crippen LogP contribution in [0.1, 0.15) is 66.4 Å². The second kappa shape index (κ2) is 14.9. The van der Waals surface area contributed by atoms with Crippen LogP contribution in [0.15, 0.2) is 72.8 Å². The molecular formula is C32H38N2O8. The monoisotopic (exact) mass is 578 g/mol. The molecular weight excluding hydrogens is 540 g/mol. The van der Waals surface area contributed by atoms with Gasteiger partial charge in [0.05, 0.1) is 24.9 Å². The lowest BCUT2D eigenvalue weighted by atomic mass is 9.99. The first-order valence-electron chi connectivity index (χ1n) is 14.0. The third-order valence-corrected chi connectivity index (χ3v) is 7.11. The van der Waals surface area contributed by atoms with Gasteiger partial charge in [-0.25, -0.2) is 0 Å². The van der Waals surface area contributed by atoms with Gasteiger partial charge in [0.2, 0.25) is 5.91 Å². The van der Waals surface area contributed by atoms with Crippen LogP contribution in [0, 0.1) is 0 Å². The van der Waals surface area contributed by atoms with E-state index in [0.29, 0.717) is 36.3 Å². The lowest BCUT2D eigenvalue weighted by molar-refractivity contribution is -0.252. The molecule has 4 atom stereocenters. The van der Waals surface area contributed by atoms with E-state index >= 15 is 0 Å². The van der Waals surface area contributed by atoms with Crippen molar-refractivity contribution in [3.05, 3.63) is 95.1 Å². The molecule has 1 saturated heterocycles. The number of carbonyl (C=O) groups excluding carboxylic acids is 1. The third-order valence-electron chi connectivity index (χ3n) is 7.11. The van der Waals surface area contributed by atoms with Gasteiger partial charge in [0.15, 0.2) is 6.29 Å². The van der Waals surface area contributed by atoms with E-state index in [-0.39, 0.29) is 49.7 Å². The number of likely N-dealkylation sites (N-methyl/N-ethyl adjacent to an activating group) is 1. The topological polar surface area (TPSA) is 149 Å². The molecule has 3 aromatic rings. The molecule has 0 unspecified atom stereocenters. The number of phenolic OH excluding ortho intramolecular Hbond substituents is 1. The number of carboxylic acid groups (broad SMARTS) is 1. The van der Waals surface area contributed by atoms with Gasteiger partial charge in [-0.1, -0.05) is 48.5 Å². The average molecular weight is 579 g/mol. The number of aliphatic carboxylic acids is 1. The van der Waals surface area contributed by atoms with Gasteiger partial charge in [0.25, 0.3) is 0 Å². The van der Waals surface area contributed by atoms with E-state index in [1.807, 2.05) is 42.3 Å². The molecule has 5 N–H and O–H groups in total. The van der Waals surface area contributed by atoms with Gasteiger partial charge in [-0.15, -0.1) is 0 Å². The Morgan fingerprint density at radius 1 is 1.00 bits per heavy atom. The lowest BCUT2D eigenvalue weighted by Gasteiger charge is -2.38. The highest BCUT2D eigenvalue weighted by atomic mass is 16.7. The maximum Gasteiger partial charge on any atom is 0.303 e. The van der Waals surface area contributed by atoms with Crippen LogP contribution in [0.2, 0.25) is 0 Å². The summed E-state index contributed by atoms with van der Waals surface area (Å²) in [4.78, 5) is 25.1. The fraction of sp³-hybridized carbons (Fsp3) is 0.375. The maximum atomic E-state index is 12.3. The lowest BCUT2D eigenvalue weighted by Crippen LogP contribution is -2.39. The summed E-state index contributed by atoms with van der Waals surface area (Å²) in [6, 6.07) is 21.3. The largest absolute Gasteiger partial charge is 0.508 e. The Hall–Kier alpha value is -3.80. The molecule has 1 aliphatic rings. The highest BCUT2D eigenvalue weighted by Crippen LogP contribution is 2.38. The van der Waals surface area contributed by atoms with Crippen molar-refractivity contribution in [3.8, 4) is 5.75 Å². The highest BCUT2D eigenvalue weighted by molar-refractivity contribution is 5.90. The van der Waals surface area contributed by atoms with E-state index in [2.05, 4.69) is 5.32 Å². The molecule has 1 aliphatic heterocycles. The van der Waals surface area contributed by atoms with Crippen molar-refractivity contribution >= 4 is 17.6 Å². The predicted octanol–water partition coefficient (Wildman–Crippen LogP) is 4.29. The fourth-order valence-corrected chi connectivity index (χ4v) is 4.97. The zero-order valence-electron chi connectivity index (χ0n) is 23.6. The van der Waals surface area contributed by atoms with E-state index < -0.39 is 18.4 Å². The van der Waals surface area contributed by atoms with E-state index in [0.717, 1.165) is 11.1 Å². The maximum absolute atomic E-state index is 12.3. The molecule has 1 heterocycles. The number of aliphatic hydroxyl groups is 2. The molecule has 10 nitrogen and oxygen atoms in total. The number of aliphatic hydroxyl groups excluding tert-OH is 2. The molecule has 0 aromatic heterocycles. The zero-order valence-corrected chi connectivity index (χ0v) is 23.6. The Labute approximate surface area is 245 Å². The summed E-state index contributed by atoms with van der Waals surface area (Å²) >= 11 is 0. The van der Waals surface area contributed by atoms with Crippen molar-refractivity contribution in [1.29, 1.82) is 0 Å². The number of aromatic hydroxyl groups is 1. The van der Waals surface area contributed by atoms with Crippen LogP contribution >= 0.6 is 0 Å². The van der Waals surface area contributed by atoms with Gasteiger partial charge < -0.3 is 40.1 Å². The highest BCUT2D eigenvalue weighted by Gasteiger charge is 2.33. The molecule has 10 heteroatoms. The number of benzene rings is 3. The van der Waals surface area contributed by atoms with Crippen LogP contribution in [-0.2, 0) is 25.7 Å². The minimum Gasteiger partial charge on any atom is -0.508 e. The minimum absolute atomic E-state index is 0.0543. The summed E-state index contributed by atoms with van der Waals surface area (Å²) in [5.74, 6) is -1.12. The molecule has 0 radical (unpaired) electrons. The number of amides is 1. The molecule has 1 fully saturated rings. The number of nitrogens with one attached hydrogen (secondary N) is 1. The molecule has 0 aliphatic carbocycles. The number of ether oxygens (including phenoxy) is 2. The number of carboxylic acids is 1. The second-order valence-electron chi connectivity index (χ2n) is 10.6. The smallest absolute Gasteiger partial charge is 0.303 e. The van der Waals surface area contributed by atoms with E-state index in [9.17, 15) is 24.9 Å². The van der Waals surface area contributed by atoms with Crippen LogP contribution < -0.4 is 5.32 Å². The first-order chi connectivity index (χ1) is 20.2. The summed E-state index contributed by atoms with van der Waals surface area (Å²) in [7, 11) is 1.89. The van der Waals surface area contributed by atoms with E-state index in [1.165, 1.54) is 0 Å². The molecule has 42 heavy (non-hydrogen) atoms. The zero-order chi connectivity index (χ0) is 30.1. The van der Waals surface area contributed by atoms with Gasteiger partial charge in [-0.2, -0.15) is 0 Å². The molecule has 4 rings (SSSR count). The standard InChI is InChI=1S/C32H38N2O8/c1-34(19-28(37)23-5-3-8-26(36)16-23)18-27-17-29(22-13-11-21(20-35)12-14-22)42-32(41-27)24-6-2-7-25(15-24)33-30(38)9-4-10-31(39)40/h2-3,5-8,11-16,27-29,32,35-37H,4,9-10,17-20H2,1H3,(H,33,38)(H,39,40)/t27-,28+,29+,32+/m0/s1. The first-order valence-corrected chi connectivity index (χ1v) is 14.0. The van der Waals surface area contributed by atoms with Crippen molar-refractivity contribution in [2.45, 2.75) is 56.9 Å². The second-order valence-corrected chi connectivity index (χ2v) is 10.6. The van der Waals surface area contributed by atoms with Crippen LogP contribution in [0.25, 0.3) is 0 Å². The molecule has 1 amide bonds. The number of hydrogen-bond acceptors (Lipinski definition) is 8. The number of carbonyl (C=O) groups is 2. The van der Waals surface area contributed by atoms with Crippen LogP contribution in [0.4, 0.5) is 5.69 Å². The van der Waals surface area contributed by atoms with Crippen molar-refractivity contribution in [2.24, 2.45) is 0 Å². The van der Waals surface area contributed by atoms with Gasteiger partial charge in [-0.3, -0.25) is 9.59 Å². The van der Waals surface area contributed by atoms with Crippen LogP contribution in [-0.4, -0.2) is 63.4 Å². The predicted molar refractivity (Wildman–Crippen MR) is 156 cm³/mol. The van der Waals surface area contributed by atoms with Gasteiger partial charge in [0, 0.05) is 43.6 Å². The Balaban J connectivity index is 1.47. The molecule has 3 aromatic carbocycles. The average Bonchev–Trinajstić information content (AvgIpc) is 2.97. The summed E-state index contributed by atoms with van der Waals surface area (Å²) < 4.78 is 12.8. The Morgan fingerprint density at radius 2 is 1.76 bits per heavy atom. The summed E-state index contributed by atoms with van der Waals surface area (Å²) in [6.07, 6.45) is -1.26. The van der Waals surface area contributed by atoms with Crippen LogP contribution in [0.3, 0.4) is 0 Å². The van der Waals surface area contributed by atoms with Gasteiger partial charge >= 0.3 is 5.97 Å². The van der Waals surface area contributed by atoms with Crippen LogP contribution in [0.5, 0.6) is 5.75 Å². The number of rotatable bonds is 13. The van der Waals surface area contributed by atoms with Gasteiger partial charge in [0.1, 0.15) is 5.75 Å². The Morgan fingerprint density at radius 3 is 2.48 bits per heavy atom. The molecule has 0 spiro atoms. The number of hydrogen-bond donors (Lipinski definition) is 5.